The van der Waals surface area contributed by atoms with Crippen LogP contribution in [0.25, 0.3) is 0 Å². The van der Waals surface area contributed by atoms with Gasteiger partial charge in [0.15, 0.2) is 9.84 Å². The van der Waals surface area contributed by atoms with Gasteiger partial charge in [0.2, 0.25) is 0 Å². The topological polar surface area (TPSA) is 103 Å². The van der Waals surface area contributed by atoms with E-state index in [2.05, 4.69) is 5.32 Å². The van der Waals surface area contributed by atoms with Crippen molar-refractivity contribution in [2.24, 2.45) is 0 Å². The van der Waals surface area contributed by atoms with Crippen LogP contribution in [0.5, 0.6) is 0 Å². The first kappa shape index (κ1) is 21.4. The third-order valence-electron chi connectivity index (χ3n) is 3.95. The molecule has 0 aromatic carbocycles. The molecule has 142 valence electrons. The number of amides is 1. The van der Waals surface area contributed by atoms with Crippen molar-refractivity contribution in [3.8, 4) is 6.07 Å². The number of likely N-dealkylation sites (N-methyl/N-ethyl adjacent to an activating group) is 1. The average molecular weight is 372 g/mol. The molecule has 1 aliphatic rings. The summed E-state index contributed by atoms with van der Waals surface area (Å²) in [5.41, 5.74) is -0.0135. The van der Waals surface area contributed by atoms with Crippen LogP contribution < -0.4 is 5.32 Å². The van der Waals surface area contributed by atoms with Gasteiger partial charge in [0.25, 0.3) is 5.91 Å². The Morgan fingerprint density at radius 3 is 2.64 bits per heavy atom. The number of nitriles is 1. The molecule has 1 saturated heterocycles. The lowest BCUT2D eigenvalue weighted by Crippen LogP contribution is -2.38. The van der Waals surface area contributed by atoms with Crippen molar-refractivity contribution in [1.82, 2.24) is 15.1 Å². The highest BCUT2D eigenvalue weighted by Crippen LogP contribution is 2.19. The molecule has 0 radical (unpaired) electrons. The summed E-state index contributed by atoms with van der Waals surface area (Å²) in [5.74, 6) is -0.241. The number of nitrogens with one attached hydrogen (secondary N) is 1. The summed E-state index contributed by atoms with van der Waals surface area (Å²) >= 11 is 0. The van der Waals surface area contributed by atoms with E-state index < -0.39 is 15.7 Å². The zero-order valence-corrected chi connectivity index (χ0v) is 16.0. The number of rotatable bonds is 10. The molecule has 9 heteroatoms. The predicted molar refractivity (Wildman–Crippen MR) is 95.5 cm³/mol. The second kappa shape index (κ2) is 10.4. The van der Waals surface area contributed by atoms with E-state index in [9.17, 15) is 18.5 Å². The standard InChI is InChI=1S/C16H28N4O4S/c1-19(2)7-8-20(15-5-10-25(22,23)13-15)12-14(11-17)16(21)18-6-4-9-24-3/h12,15H,4-10,13H2,1-3H3,(H,18,21)/b14-12-. The molecule has 8 nitrogen and oxygen atoms in total. The zero-order chi connectivity index (χ0) is 18.9. The third kappa shape index (κ3) is 7.86. The van der Waals surface area contributed by atoms with Gasteiger partial charge in [-0.05, 0) is 26.9 Å². The normalized spacial score (nSPS) is 19.6. The fourth-order valence-electron chi connectivity index (χ4n) is 2.52. The van der Waals surface area contributed by atoms with Crippen LogP contribution in [0.1, 0.15) is 12.8 Å². The number of nitrogens with zero attached hydrogens (tertiary/aromatic N) is 3. The molecule has 0 bridgehead atoms. The molecule has 0 aromatic rings. The lowest BCUT2D eigenvalue weighted by atomic mass is 10.2. The molecule has 1 aliphatic heterocycles. The van der Waals surface area contributed by atoms with Crippen LogP contribution >= 0.6 is 0 Å². The largest absolute Gasteiger partial charge is 0.385 e. The van der Waals surface area contributed by atoms with E-state index >= 15 is 0 Å². The van der Waals surface area contributed by atoms with E-state index in [1.54, 1.807) is 7.11 Å². The second-order valence-electron chi connectivity index (χ2n) is 6.35. The minimum absolute atomic E-state index is 0.0135. The Kier molecular flexibility index (Phi) is 8.89. The number of carbonyl (C=O) groups excluding carboxylic acids is 1. The van der Waals surface area contributed by atoms with Gasteiger partial charge in [-0.25, -0.2) is 8.42 Å². The Balaban J connectivity index is 2.82. The van der Waals surface area contributed by atoms with Crippen LogP contribution in [0.3, 0.4) is 0 Å². The first-order valence-corrected chi connectivity index (χ1v) is 10.1. The Bertz CT molecular complexity index is 610. The van der Waals surface area contributed by atoms with Crippen molar-refractivity contribution in [2.75, 3.05) is 59.0 Å². The van der Waals surface area contributed by atoms with Crippen LogP contribution in [0.15, 0.2) is 11.8 Å². The van der Waals surface area contributed by atoms with Crippen molar-refractivity contribution >= 4 is 15.7 Å². The molecule has 1 unspecified atom stereocenters. The zero-order valence-electron chi connectivity index (χ0n) is 15.2. The number of sulfone groups is 1. The molecule has 1 fully saturated rings. The van der Waals surface area contributed by atoms with Gasteiger partial charge in [0.1, 0.15) is 11.6 Å². The smallest absolute Gasteiger partial charge is 0.263 e. The number of hydrogen-bond acceptors (Lipinski definition) is 7. The molecule has 0 aliphatic carbocycles. The van der Waals surface area contributed by atoms with Crippen LogP contribution in [-0.2, 0) is 19.4 Å². The first-order valence-electron chi connectivity index (χ1n) is 8.29. The van der Waals surface area contributed by atoms with E-state index in [4.69, 9.17) is 4.74 Å². The van der Waals surface area contributed by atoms with E-state index in [1.165, 1.54) is 6.20 Å². The molecular formula is C16H28N4O4S. The summed E-state index contributed by atoms with van der Waals surface area (Å²) in [7, 11) is 2.38. The second-order valence-corrected chi connectivity index (χ2v) is 8.58. The highest BCUT2D eigenvalue weighted by Gasteiger charge is 2.31. The van der Waals surface area contributed by atoms with Crippen molar-refractivity contribution in [3.05, 3.63) is 11.8 Å². The molecule has 1 rings (SSSR count). The van der Waals surface area contributed by atoms with Crippen molar-refractivity contribution < 1.29 is 17.9 Å². The van der Waals surface area contributed by atoms with Gasteiger partial charge in [-0.2, -0.15) is 5.26 Å². The highest BCUT2D eigenvalue weighted by molar-refractivity contribution is 7.91. The van der Waals surface area contributed by atoms with E-state index in [1.807, 2.05) is 30.0 Å². The number of methoxy groups -OCH3 is 1. The Morgan fingerprint density at radius 2 is 2.12 bits per heavy atom. The maximum atomic E-state index is 12.2. The number of carbonyl (C=O) groups is 1. The van der Waals surface area contributed by atoms with E-state index in [0.29, 0.717) is 39.1 Å². The van der Waals surface area contributed by atoms with Gasteiger partial charge in [-0.15, -0.1) is 0 Å². The Hall–Kier alpha value is -1.63. The van der Waals surface area contributed by atoms with Crippen molar-refractivity contribution in [2.45, 2.75) is 18.9 Å². The van der Waals surface area contributed by atoms with Gasteiger partial charge < -0.3 is 19.9 Å². The summed E-state index contributed by atoms with van der Waals surface area (Å²) in [6.07, 6.45) is 2.67. The summed E-state index contributed by atoms with van der Waals surface area (Å²) in [6, 6.07) is 1.72. The van der Waals surface area contributed by atoms with Gasteiger partial charge in [-0.3, -0.25) is 4.79 Å². The van der Waals surface area contributed by atoms with Crippen LogP contribution in [0.2, 0.25) is 0 Å². The average Bonchev–Trinajstić information content (AvgIpc) is 2.91. The van der Waals surface area contributed by atoms with E-state index in [-0.39, 0.29) is 23.1 Å². The summed E-state index contributed by atoms with van der Waals surface area (Å²) in [4.78, 5) is 15.9. The predicted octanol–water partition coefficient (Wildman–Crippen LogP) is -0.403. The first-order chi connectivity index (χ1) is 11.8. The molecule has 0 saturated carbocycles. The molecule has 1 heterocycles. The molecular weight excluding hydrogens is 344 g/mol. The van der Waals surface area contributed by atoms with Crippen LogP contribution in [0, 0.1) is 11.3 Å². The fourth-order valence-corrected chi connectivity index (χ4v) is 4.26. The fraction of sp³-hybridized carbons (Fsp3) is 0.750. The van der Waals surface area contributed by atoms with Crippen LogP contribution in [0.4, 0.5) is 0 Å². The maximum absolute atomic E-state index is 12.2. The lowest BCUT2D eigenvalue weighted by molar-refractivity contribution is -0.117. The summed E-state index contributed by atoms with van der Waals surface area (Å²) in [5, 5.41) is 12.0. The Morgan fingerprint density at radius 1 is 1.40 bits per heavy atom. The maximum Gasteiger partial charge on any atom is 0.263 e. The van der Waals surface area contributed by atoms with E-state index in [0.717, 1.165) is 0 Å². The molecule has 1 atom stereocenters. The van der Waals surface area contributed by atoms with Crippen LogP contribution in [-0.4, -0.2) is 89.1 Å². The molecule has 0 spiro atoms. The minimum Gasteiger partial charge on any atom is -0.385 e. The lowest BCUT2D eigenvalue weighted by Gasteiger charge is -2.28. The summed E-state index contributed by atoms with van der Waals surface area (Å²) in [6.45, 7) is 2.19. The Labute approximate surface area is 150 Å². The monoisotopic (exact) mass is 372 g/mol. The van der Waals surface area contributed by atoms with Crippen molar-refractivity contribution in [3.63, 3.8) is 0 Å². The third-order valence-corrected chi connectivity index (χ3v) is 5.70. The van der Waals surface area contributed by atoms with Crippen molar-refractivity contribution in [1.29, 1.82) is 5.26 Å². The minimum atomic E-state index is -3.04. The quantitative estimate of drug-likeness (QED) is 0.316. The summed E-state index contributed by atoms with van der Waals surface area (Å²) < 4.78 is 28.4. The molecule has 1 amide bonds. The highest BCUT2D eigenvalue weighted by atomic mass is 32.2. The van der Waals surface area contributed by atoms with Gasteiger partial charge in [0.05, 0.1) is 11.5 Å². The van der Waals surface area contributed by atoms with Gasteiger partial charge in [0, 0.05) is 45.6 Å². The van der Waals surface area contributed by atoms with Gasteiger partial charge >= 0.3 is 0 Å². The van der Waals surface area contributed by atoms with Gasteiger partial charge in [-0.1, -0.05) is 0 Å². The number of hydrogen-bond donors (Lipinski definition) is 1. The SMILES string of the molecule is COCCCNC(=O)/C(C#N)=C\N(CCN(C)C)C1CCS(=O)(=O)C1. The molecule has 0 aromatic heterocycles. The molecule has 25 heavy (non-hydrogen) atoms. The molecule has 1 N–H and O–H groups in total. The number of ether oxygens (including phenoxy) is 1.